The van der Waals surface area contributed by atoms with E-state index in [0.717, 1.165) is 12.3 Å². The first kappa shape index (κ1) is 10.5. The van der Waals surface area contributed by atoms with Gasteiger partial charge in [-0.2, -0.15) is 0 Å². The molecule has 2 heteroatoms. The largest absolute Gasteiger partial charge is 0.468 e. The lowest BCUT2D eigenvalue weighted by Gasteiger charge is -2.10. The first-order valence-corrected chi connectivity index (χ1v) is 4.40. The monoisotopic (exact) mass is 158 g/mol. The van der Waals surface area contributed by atoms with Crippen LogP contribution in [0.15, 0.2) is 0 Å². The van der Waals surface area contributed by atoms with Crippen molar-refractivity contribution in [3.63, 3.8) is 0 Å². The van der Waals surface area contributed by atoms with E-state index in [1.54, 1.807) is 0 Å². The number of ether oxygens (including phenoxy) is 1. The van der Waals surface area contributed by atoms with Gasteiger partial charge < -0.3 is 4.74 Å². The third-order valence-electron chi connectivity index (χ3n) is 2.10. The van der Waals surface area contributed by atoms with Crippen LogP contribution in [-0.4, -0.2) is 13.1 Å². The second kappa shape index (κ2) is 7.58. The predicted molar refractivity (Wildman–Crippen MR) is 45.3 cm³/mol. The number of carbonyl (C=O) groups is 1. The lowest BCUT2D eigenvalue weighted by molar-refractivity contribution is -0.128. The Hall–Kier alpha value is -0.530. The van der Waals surface area contributed by atoms with Gasteiger partial charge in [-0.25, -0.2) is 0 Å². The number of carbonyl (C=O) groups excluding carboxylic acids is 1. The zero-order chi connectivity index (χ0) is 8.53. The highest BCUT2D eigenvalue weighted by Gasteiger charge is 2.01. The molecule has 0 radical (unpaired) electrons. The molecule has 0 saturated heterocycles. The molecule has 2 nitrogen and oxygen atoms in total. The SMILES string of the molecule is CCC(CC)CCCOC=O. The van der Waals surface area contributed by atoms with Gasteiger partial charge in [-0.05, 0) is 18.8 Å². The van der Waals surface area contributed by atoms with Gasteiger partial charge in [0.15, 0.2) is 0 Å². The van der Waals surface area contributed by atoms with E-state index in [2.05, 4.69) is 18.6 Å². The third kappa shape index (κ3) is 5.89. The van der Waals surface area contributed by atoms with Crippen molar-refractivity contribution in [2.45, 2.75) is 39.5 Å². The molecule has 66 valence electrons. The maximum Gasteiger partial charge on any atom is 0.293 e. The smallest absolute Gasteiger partial charge is 0.293 e. The zero-order valence-corrected chi connectivity index (χ0v) is 7.51. The molecule has 0 fully saturated rings. The first-order chi connectivity index (χ1) is 5.35. The predicted octanol–water partition coefficient (Wildman–Crippen LogP) is 2.38. The van der Waals surface area contributed by atoms with Crippen molar-refractivity contribution in [1.29, 1.82) is 0 Å². The van der Waals surface area contributed by atoms with E-state index in [1.807, 2.05) is 0 Å². The Morgan fingerprint density at radius 2 is 2.00 bits per heavy atom. The van der Waals surface area contributed by atoms with Gasteiger partial charge in [-0.1, -0.05) is 26.7 Å². The summed E-state index contributed by atoms with van der Waals surface area (Å²) in [6.07, 6.45) is 4.65. The fourth-order valence-electron chi connectivity index (χ4n) is 1.20. The van der Waals surface area contributed by atoms with Crippen LogP contribution in [0.4, 0.5) is 0 Å². The van der Waals surface area contributed by atoms with Gasteiger partial charge in [0, 0.05) is 0 Å². The zero-order valence-electron chi connectivity index (χ0n) is 7.51. The number of hydrogen-bond acceptors (Lipinski definition) is 2. The summed E-state index contributed by atoms with van der Waals surface area (Å²) >= 11 is 0. The van der Waals surface area contributed by atoms with Crippen molar-refractivity contribution >= 4 is 6.47 Å². The molecule has 0 aromatic rings. The molecule has 0 atom stereocenters. The van der Waals surface area contributed by atoms with Crippen molar-refractivity contribution in [1.82, 2.24) is 0 Å². The summed E-state index contributed by atoms with van der Waals surface area (Å²) < 4.78 is 4.59. The van der Waals surface area contributed by atoms with E-state index in [-0.39, 0.29) is 0 Å². The third-order valence-corrected chi connectivity index (χ3v) is 2.10. The van der Waals surface area contributed by atoms with Crippen LogP contribution in [0.3, 0.4) is 0 Å². The molecule has 0 aliphatic heterocycles. The maximum absolute atomic E-state index is 9.77. The summed E-state index contributed by atoms with van der Waals surface area (Å²) in [4.78, 5) is 9.77. The van der Waals surface area contributed by atoms with E-state index < -0.39 is 0 Å². The van der Waals surface area contributed by atoms with Gasteiger partial charge in [0.1, 0.15) is 0 Å². The van der Waals surface area contributed by atoms with E-state index in [4.69, 9.17) is 0 Å². The second-order valence-electron chi connectivity index (χ2n) is 2.79. The van der Waals surface area contributed by atoms with Gasteiger partial charge in [0.05, 0.1) is 6.61 Å². The molecule has 0 aliphatic rings. The fraction of sp³-hybridized carbons (Fsp3) is 0.889. The van der Waals surface area contributed by atoms with Gasteiger partial charge in [-0.15, -0.1) is 0 Å². The van der Waals surface area contributed by atoms with Crippen LogP contribution in [0, 0.1) is 5.92 Å². The number of rotatable bonds is 7. The molecule has 0 bridgehead atoms. The highest BCUT2D eigenvalue weighted by atomic mass is 16.5. The van der Waals surface area contributed by atoms with Crippen molar-refractivity contribution in [2.24, 2.45) is 5.92 Å². The summed E-state index contributed by atoms with van der Waals surface area (Å²) in [7, 11) is 0. The van der Waals surface area contributed by atoms with Crippen LogP contribution in [0.2, 0.25) is 0 Å². The molecule has 0 rings (SSSR count). The molecule has 0 N–H and O–H groups in total. The summed E-state index contributed by atoms with van der Waals surface area (Å²) in [6, 6.07) is 0. The summed E-state index contributed by atoms with van der Waals surface area (Å²) in [6.45, 7) is 5.51. The molecule has 0 spiro atoms. The molecule has 0 aliphatic carbocycles. The normalized spacial score (nSPS) is 10.1. The Labute approximate surface area is 68.9 Å². The summed E-state index contributed by atoms with van der Waals surface area (Å²) in [5, 5.41) is 0. The van der Waals surface area contributed by atoms with Crippen LogP contribution in [0.25, 0.3) is 0 Å². The lowest BCUT2D eigenvalue weighted by Crippen LogP contribution is -1.99. The Bertz CT molecular complexity index is 87.6. The summed E-state index contributed by atoms with van der Waals surface area (Å²) in [5.41, 5.74) is 0. The van der Waals surface area contributed by atoms with Crippen LogP contribution in [-0.2, 0) is 9.53 Å². The Balaban J connectivity index is 3.13. The van der Waals surface area contributed by atoms with Crippen LogP contribution < -0.4 is 0 Å². The molecule has 0 saturated carbocycles. The average molecular weight is 158 g/mol. The molecular weight excluding hydrogens is 140 g/mol. The van der Waals surface area contributed by atoms with E-state index in [1.165, 1.54) is 19.3 Å². The average Bonchev–Trinajstić information content (AvgIpc) is 2.05. The minimum absolute atomic E-state index is 0.521. The summed E-state index contributed by atoms with van der Waals surface area (Å²) in [5.74, 6) is 0.810. The van der Waals surface area contributed by atoms with Gasteiger partial charge in [0.2, 0.25) is 0 Å². The molecule has 0 amide bonds. The van der Waals surface area contributed by atoms with Crippen molar-refractivity contribution in [3.05, 3.63) is 0 Å². The van der Waals surface area contributed by atoms with Gasteiger partial charge >= 0.3 is 0 Å². The fourth-order valence-corrected chi connectivity index (χ4v) is 1.20. The number of hydrogen-bond donors (Lipinski definition) is 0. The Morgan fingerprint density at radius 3 is 2.45 bits per heavy atom. The van der Waals surface area contributed by atoms with Crippen molar-refractivity contribution in [3.8, 4) is 0 Å². The molecule has 0 aromatic heterocycles. The minimum atomic E-state index is 0.521. The quantitative estimate of drug-likeness (QED) is 0.420. The van der Waals surface area contributed by atoms with Gasteiger partial charge in [-0.3, -0.25) is 4.79 Å². The van der Waals surface area contributed by atoms with Gasteiger partial charge in [0.25, 0.3) is 6.47 Å². The highest BCUT2D eigenvalue weighted by molar-refractivity contribution is 5.36. The lowest BCUT2D eigenvalue weighted by atomic mass is 9.98. The second-order valence-corrected chi connectivity index (χ2v) is 2.79. The highest BCUT2D eigenvalue weighted by Crippen LogP contribution is 2.13. The molecule has 0 unspecified atom stereocenters. The van der Waals surface area contributed by atoms with E-state index in [0.29, 0.717) is 13.1 Å². The Kier molecular flexibility index (Phi) is 7.21. The van der Waals surface area contributed by atoms with Crippen LogP contribution >= 0.6 is 0 Å². The Morgan fingerprint density at radius 1 is 1.36 bits per heavy atom. The molecule has 0 aromatic carbocycles. The van der Waals surface area contributed by atoms with Crippen molar-refractivity contribution in [2.75, 3.05) is 6.61 Å². The topological polar surface area (TPSA) is 26.3 Å². The molecule has 11 heavy (non-hydrogen) atoms. The standard InChI is InChI=1S/C9H18O2/c1-3-9(4-2)6-5-7-11-8-10/h8-9H,3-7H2,1-2H3. The van der Waals surface area contributed by atoms with E-state index in [9.17, 15) is 4.79 Å². The first-order valence-electron chi connectivity index (χ1n) is 4.40. The molecule has 0 heterocycles. The van der Waals surface area contributed by atoms with E-state index >= 15 is 0 Å². The van der Waals surface area contributed by atoms with Crippen molar-refractivity contribution < 1.29 is 9.53 Å². The van der Waals surface area contributed by atoms with Crippen LogP contribution in [0.5, 0.6) is 0 Å². The maximum atomic E-state index is 9.77. The van der Waals surface area contributed by atoms with Crippen LogP contribution in [0.1, 0.15) is 39.5 Å². The molecular formula is C9H18O2. The minimum Gasteiger partial charge on any atom is -0.468 e.